The fraction of sp³-hybridized carbons (Fsp3) is 0.591. The van der Waals surface area contributed by atoms with Gasteiger partial charge in [-0.2, -0.15) is 0 Å². The minimum absolute atomic E-state index is 0.0668. The van der Waals surface area contributed by atoms with Gasteiger partial charge >= 0.3 is 0 Å². The van der Waals surface area contributed by atoms with Gasteiger partial charge in [-0.05, 0) is 61.6 Å². The zero-order valence-corrected chi connectivity index (χ0v) is 15.6. The summed E-state index contributed by atoms with van der Waals surface area (Å²) in [7, 11) is 0. The SMILES string of the molecule is CCC(CC(=O)N1CCCC2CCCCC21)c1c[nH]c2cccc(F)c12. The lowest BCUT2D eigenvalue weighted by molar-refractivity contribution is -0.138. The first-order valence-electron chi connectivity index (χ1n) is 10.2. The second kappa shape index (κ2) is 7.42. The first-order valence-corrected chi connectivity index (χ1v) is 10.2. The van der Waals surface area contributed by atoms with Crippen molar-refractivity contribution >= 4 is 16.8 Å². The van der Waals surface area contributed by atoms with Crippen LogP contribution in [0.2, 0.25) is 0 Å². The van der Waals surface area contributed by atoms with Crippen molar-refractivity contribution in [3.63, 3.8) is 0 Å². The van der Waals surface area contributed by atoms with Crippen molar-refractivity contribution in [2.24, 2.45) is 5.92 Å². The van der Waals surface area contributed by atoms with E-state index in [9.17, 15) is 9.18 Å². The smallest absolute Gasteiger partial charge is 0.223 e. The molecule has 4 rings (SSSR count). The van der Waals surface area contributed by atoms with Crippen LogP contribution >= 0.6 is 0 Å². The van der Waals surface area contributed by atoms with Crippen LogP contribution in [-0.2, 0) is 4.79 Å². The molecule has 4 heteroatoms. The Hall–Kier alpha value is -1.84. The molecular weight excluding hydrogens is 327 g/mol. The van der Waals surface area contributed by atoms with Crippen molar-refractivity contribution in [3.05, 3.63) is 35.8 Å². The number of amides is 1. The van der Waals surface area contributed by atoms with E-state index in [2.05, 4.69) is 16.8 Å². The number of H-pyrrole nitrogens is 1. The van der Waals surface area contributed by atoms with Crippen LogP contribution < -0.4 is 0 Å². The van der Waals surface area contributed by atoms with E-state index < -0.39 is 0 Å². The summed E-state index contributed by atoms with van der Waals surface area (Å²) < 4.78 is 14.4. The second-order valence-electron chi connectivity index (χ2n) is 8.06. The summed E-state index contributed by atoms with van der Waals surface area (Å²) in [5.41, 5.74) is 1.77. The molecule has 26 heavy (non-hydrogen) atoms. The number of carbonyl (C=O) groups excluding carboxylic acids is 1. The number of likely N-dealkylation sites (tertiary alicyclic amines) is 1. The minimum atomic E-state index is -0.199. The molecule has 0 spiro atoms. The predicted molar refractivity (Wildman–Crippen MR) is 103 cm³/mol. The lowest BCUT2D eigenvalue weighted by atomic mass is 9.78. The van der Waals surface area contributed by atoms with Crippen molar-refractivity contribution in [1.82, 2.24) is 9.88 Å². The predicted octanol–water partition coefficient (Wildman–Crippen LogP) is 5.37. The number of aromatic nitrogens is 1. The molecule has 1 aromatic carbocycles. The first kappa shape index (κ1) is 17.6. The number of hydrogen-bond donors (Lipinski definition) is 1. The zero-order valence-electron chi connectivity index (χ0n) is 15.6. The summed E-state index contributed by atoms with van der Waals surface area (Å²) in [6.07, 6.45) is 10.6. The molecule has 1 amide bonds. The number of fused-ring (bicyclic) bond motifs is 2. The summed E-state index contributed by atoms with van der Waals surface area (Å²) in [6, 6.07) is 5.57. The Morgan fingerprint density at radius 2 is 2.08 bits per heavy atom. The number of halogens is 1. The van der Waals surface area contributed by atoms with E-state index in [0.29, 0.717) is 23.8 Å². The maximum absolute atomic E-state index is 14.4. The number of benzene rings is 1. The molecule has 3 unspecified atom stereocenters. The van der Waals surface area contributed by atoms with Gasteiger partial charge in [0.2, 0.25) is 5.91 Å². The number of nitrogens with one attached hydrogen (secondary N) is 1. The Kier molecular flexibility index (Phi) is 5.01. The lowest BCUT2D eigenvalue weighted by Gasteiger charge is -2.44. The second-order valence-corrected chi connectivity index (χ2v) is 8.06. The van der Waals surface area contributed by atoms with Gasteiger partial charge in [-0.15, -0.1) is 0 Å². The summed E-state index contributed by atoms with van der Waals surface area (Å²) in [5.74, 6) is 0.832. The van der Waals surface area contributed by atoms with Crippen LogP contribution in [0.3, 0.4) is 0 Å². The third-order valence-electron chi connectivity index (χ3n) is 6.60. The van der Waals surface area contributed by atoms with Crippen molar-refractivity contribution < 1.29 is 9.18 Å². The van der Waals surface area contributed by atoms with E-state index in [1.54, 1.807) is 6.07 Å². The van der Waals surface area contributed by atoms with E-state index >= 15 is 0 Å². The number of nitrogens with zero attached hydrogens (tertiary/aromatic N) is 1. The van der Waals surface area contributed by atoms with Gasteiger partial charge in [0.1, 0.15) is 5.82 Å². The highest BCUT2D eigenvalue weighted by Gasteiger charge is 2.36. The van der Waals surface area contributed by atoms with Crippen LogP contribution in [0, 0.1) is 11.7 Å². The Bertz CT molecular complexity index is 782. The van der Waals surface area contributed by atoms with Crippen molar-refractivity contribution in [3.8, 4) is 0 Å². The van der Waals surface area contributed by atoms with Gasteiger partial charge in [0.05, 0.1) is 0 Å². The van der Waals surface area contributed by atoms with Crippen LogP contribution in [-0.4, -0.2) is 28.4 Å². The molecule has 2 fully saturated rings. The van der Waals surface area contributed by atoms with Crippen LogP contribution in [0.15, 0.2) is 24.4 Å². The fourth-order valence-electron chi connectivity index (χ4n) is 5.22. The van der Waals surface area contributed by atoms with Crippen molar-refractivity contribution in [1.29, 1.82) is 0 Å². The molecule has 3 atom stereocenters. The monoisotopic (exact) mass is 356 g/mol. The van der Waals surface area contributed by atoms with Gasteiger partial charge in [-0.1, -0.05) is 25.8 Å². The molecule has 1 saturated heterocycles. The highest BCUT2D eigenvalue weighted by atomic mass is 19.1. The third-order valence-corrected chi connectivity index (χ3v) is 6.60. The maximum atomic E-state index is 14.4. The molecule has 1 N–H and O–H groups in total. The molecule has 0 radical (unpaired) electrons. The van der Waals surface area contributed by atoms with Gasteiger partial charge in [-0.25, -0.2) is 4.39 Å². The average Bonchev–Trinajstić information content (AvgIpc) is 3.11. The van der Waals surface area contributed by atoms with Gasteiger partial charge in [0.25, 0.3) is 0 Å². The Balaban J connectivity index is 1.55. The number of rotatable bonds is 4. The van der Waals surface area contributed by atoms with Crippen molar-refractivity contribution in [2.45, 2.75) is 70.3 Å². The van der Waals surface area contributed by atoms with E-state index in [1.165, 1.54) is 31.7 Å². The molecule has 2 aliphatic rings. The van der Waals surface area contributed by atoms with Crippen LogP contribution in [0.4, 0.5) is 4.39 Å². The molecule has 2 aromatic rings. The Morgan fingerprint density at radius 3 is 2.92 bits per heavy atom. The molecular formula is C22H29FN2O. The summed E-state index contributed by atoms with van der Waals surface area (Å²) in [6.45, 7) is 3.00. The largest absolute Gasteiger partial charge is 0.361 e. The molecule has 1 aliphatic heterocycles. The molecule has 1 aliphatic carbocycles. The first-order chi connectivity index (χ1) is 12.7. The standard InChI is InChI=1S/C22H29FN2O/c1-2-15(17-14-24-19-10-5-9-18(23)22(17)19)13-21(26)25-12-6-8-16-7-3-4-11-20(16)25/h5,9-10,14-16,20,24H,2-4,6-8,11-13H2,1H3. The number of aromatic amines is 1. The quantitative estimate of drug-likeness (QED) is 0.785. The average molecular weight is 356 g/mol. The van der Waals surface area contributed by atoms with Gasteiger partial charge < -0.3 is 9.88 Å². The van der Waals surface area contributed by atoms with Crippen LogP contribution in [0.25, 0.3) is 10.9 Å². The van der Waals surface area contributed by atoms with Crippen molar-refractivity contribution in [2.75, 3.05) is 6.54 Å². The summed E-state index contributed by atoms with van der Waals surface area (Å²) in [5, 5.41) is 0.654. The molecule has 140 valence electrons. The number of hydrogen-bond acceptors (Lipinski definition) is 1. The van der Waals surface area contributed by atoms with E-state index in [4.69, 9.17) is 0 Å². The Morgan fingerprint density at radius 1 is 1.27 bits per heavy atom. The van der Waals surface area contributed by atoms with Gasteiger partial charge in [0.15, 0.2) is 0 Å². The summed E-state index contributed by atoms with van der Waals surface area (Å²) in [4.78, 5) is 18.5. The molecule has 2 heterocycles. The van der Waals surface area contributed by atoms with E-state index in [-0.39, 0.29) is 17.6 Å². The zero-order chi connectivity index (χ0) is 18.1. The molecule has 0 bridgehead atoms. The lowest BCUT2D eigenvalue weighted by Crippen LogP contribution is -2.49. The van der Waals surface area contributed by atoms with E-state index in [0.717, 1.165) is 36.9 Å². The number of carbonyl (C=O) groups is 1. The number of piperidine rings is 1. The van der Waals surface area contributed by atoms with Crippen LogP contribution in [0.1, 0.15) is 69.8 Å². The molecule has 3 nitrogen and oxygen atoms in total. The van der Waals surface area contributed by atoms with E-state index in [1.807, 2.05) is 12.3 Å². The normalized spacial score (nSPS) is 24.5. The molecule has 1 saturated carbocycles. The Labute approximate surface area is 155 Å². The topological polar surface area (TPSA) is 36.1 Å². The molecule has 1 aromatic heterocycles. The highest BCUT2D eigenvalue weighted by molar-refractivity contribution is 5.85. The van der Waals surface area contributed by atoms with Gasteiger partial charge in [-0.3, -0.25) is 4.79 Å². The van der Waals surface area contributed by atoms with Gasteiger partial charge in [0, 0.05) is 36.1 Å². The third kappa shape index (κ3) is 3.15. The highest BCUT2D eigenvalue weighted by Crippen LogP contribution is 2.37. The minimum Gasteiger partial charge on any atom is -0.361 e. The van der Waals surface area contributed by atoms with Crippen LogP contribution in [0.5, 0.6) is 0 Å². The maximum Gasteiger partial charge on any atom is 0.223 e. The summed E-state index contributed by atoms with van der Waals surface area (Å²) >= 11 is 0. The fourth-order valence-corrected chi connectivity index (χ4v) is 5.22.